The lowest BCUT2D eigenvalue weighted by Crippen LogP contribution is -2.58. The third-order valence-electron chi connectivity index (χ3n) is 7.64. The molecule has 2 heterocycles. The maximum atomic E-state index is 13.2. The molecule has 0 bridgehead atoms. The molecule has 1 N–H and O–H groups in total. The highest BCUT2D eigenvalue weighted by atomic mass is 16.5. The number of benzene rings is 1. The van der Waals surface area contributed by atoms with Gasteiger partial charge in [0.15, 0.2) is 0 Å². The topological polar surface area (TPSA) is 61.9 Å². The summed E-state index contributed by atoms with van der Waals surface area (Å²) in [5, 5.41) is 3.19. The van der Waals surface area contributed by atoms with Crippen LogP contribution in [0.5, 0.6) is 0 Å². The van der Waals surface area contributed by atoms with E-state index in [1.807, 2.05) is 17.0 Å². The first-order valence-electron chi connectivity index (χ1n) is 12.9. The molecule has 182 valence electrons. The average molecular weight is 456 g/mol. The third-order valence-corrected chi connectivity index (χ3v) is 7.64. The number of carbonyl (C=O) groups is 2. The van der Waals surface area contributed by atoms with Crippen LogP contribution in [0.2, 0.25) is 0 Å². The Balaban J connectivity index is 1.35. The van der Waals surface area contributed by atoms with Crippen molar-refractivity contribution in [2.75, 3.05) is 39.3 Å². The maximum Gasteiger partial charge on any atom is 0.253 e. The van der Waals surface area contributed by atoms with E-state index in [0.29, 0.717) is 25.6 Å². The first-order chi connectivity index (χ1) is 15.8. The van der Waals surface area contributed by atoms with E-state index < -0.39 is 0 Å². The van der Waals surface area contributed by atoms with Crippen molar-refractivity contribution in [3.63, 3.8) is 0 Å². The molecule has 3 aliphatic rings. The summed E-state index contributed by atoms with van der Waals surface area (Å²) in [6.45, 7) is 10.8. The van der Waals surface area contributed by atoms with Crippen LogP contribution in [0.25, 0.3) is 0 Å². The summed E-state index contributed by atoms with van der Waals surface area (Å²) in [4.78, 5) is 30.6. The molecule has 2 saturated heterocycles. The fraction of sp³-hybridized carbons (Fsp3) is 0.704. The van der Waals surface area contributed by atoms with E-state index >= 15 is 0 Å². The second-order valence-corrected chi connectivity index (χ2v) is 11.0. The number of hydrogen-bond donors (Lipinski definition) is 1. The highest BCUT2D eigenvalue weighted by molar-refractivity contribution is 5.94. The Morgan fingerprint density at radius 3 is 2.24 bits per heavy atom. The minimum atomic E-state index is -0.0859. The minimum Gasteiger partial charge on any atom is -0.376 e. The fourth-order valence-corrected chi connectivity index (χ4v) is 5.57. The van der Waals surface area contributed by atoms with Crippen LogP contribution in [-0.2, 0) is 14.9 Å². The van der Waals surface area contributed by atoms with Crippen LogP contribution in [-0.4, -0.2) is 73.1 Å². The normalized spacial score (nSPS) is 23.6. The van der Waals surface area contributed by atoms with Crippen molar-refractivity contribution in [3.05, 3.63) is 35.4 Å². The number of ether oxygens (including phenoxy) is 1. The molecular formula is C27H41N3O3. The molecule has 2 aliphatic heterocycles. The van der Waals surface area contributed by atoms with E-state index in [-0.39, 0.29) is 29.4 Å². The summed E-state index contributed by atoms with van der Waals surface area (Å²) in [6.07, 6.45) is 6.95. The number of piperazine rings is 1. The molecule has 1 aromatic rings. The van der Waals surface area contributed by atoms with Gasteiger partial charge in [-0.15, -0.1) is 0 Å². The van der Waals surface area contributed by atoms with Crippen LogP contribution in [0.15, 0.2) is 24.3 Å². The Morgan fingerprint density at radius 1 is 1.00 bits per heavy atom. The molecule has 6 heteroatoms. The lowest BCUT2D eigenvalue weighted by molar-refractivity contribution is -0.129. The van der Waals surface area contributed by atoms with Gasteiger partial charge in [0.25, 0.3) is 5.91 Å². The summed E-state index contributed by atoms with van der Waals surface area (Å²) >= 11 is 0. The van der Waals surface area contributed by atoms with E-state index in [9.17, 15) is 9.59 Å². The summed E-state index contributed by atoms with van der Waals surface area (Å²) < 4.78 is 5.69. The van der Waals surface area contributed by atoms with Crippen LogP contribution >= 0.6 is 0 Å². The third kappa shape index (κ3) is 5.96. The minimum absolute atomic E-state index is 0.0763. The summed E-state index contributed by atoms with van der Waals surface area (Å²) in [5.41, 5.74) is 2.06. The van der Waals surface area contributed by atoms with Gasteiger partial charge in [-0.3, -0.25) is 14.5 Å². The predicted octanol–water partition coefficient (Wildman–Crippen LogP) is 3.60. The Kier molecular flexibility index (Phi) is 7.75. The van der Waals surface area contributed by atoms with Crippen molar-refractivity contribution in [3.8, 4) is 0 Å². The van der Waals surface area contributed by atoms with Crippen molar-refractivity contribution >= 4 is 11.8 Å². The molecule has 1 saturated carbocycles. The number of carbonyl (C=O) groups excluding carboxylic acids is 2. The molecule has 3 fully saturated rings. The van der Waals surface area contributed by atoms with Gasteiger partial charge in [-0.1, -0.05) is 45.7 Å². The van der Waals surface area contributed by atoms with E-state index in [1.54, 1.807) is 0 Å². The fourth-order valence-electron chi connectivity index (χ4n) is 5.57. The van der Waals surface area contributed by atoms with E-state index in [1.165, 1.54) is 18.4 Å². The van der Waals surface area contributed by atoms with Crippen LogP contribution in [0, 0.1) is 5.92 Å². The van der Waals surface area contributed by atoms with Crippen molar-refractivity contribution < 1.29 is 14.3 Å². The Labute approximate surface area is 199 Å². The summed E-state index contributed by atoms with van der Waals surface area (Å²) in [5.74, 6) is 0.659. The average Bonchev–Trinajstić information content (AvgIpc) is 3.52. The van der Waals surface area contributed by atoms with E-state index in [4.69, 9.17) is 4.74 Å². The number of nitrogens with one attached hydrogen (secondary N) is 1. The molecule has 6 nitrogen and oxygen atoms in total. The highest BCUT2D eigenvalue weighted by Gasteiger charge is 2.37. The molecule has 0 radical (unpaired) electrons. The Morgan fingerprint density at radius 2 is 1.67 bits per heavy atom. The molecule has 2 atom stereocenters. The first kappa shape index (κ1) is 24.2. The van der Waals surface area contributed by atoms with Gasteiger partial charge in [-0.25, -0.2) is 0 Å². The standard InChI is InChI=1S/C27H41N3O3/c1-27(2,3)22-12-10-21(11-13-22)26(32)30-16-14-29(15-17-30)24(20-7-4-5-8-20)25(31)28-19-23-9-6-18-33-23/h10-13,20,23-24H,4-9,14-19H2,1-3H3,(H,28,31)/t23-,24+/m0/s1. The lowest BCUT2D eigenvalue weighted by Gasteiger charge is -2.41. The van der Waals surface area contributed by atoms with Crippen molar-refractivity contribution in [2.24, 2.45) is 5.92 Å². The van der Waals surface area contributed by atoms with Gasteiger partial charge in [0.2, 0.25) is 5.91 Å². The monoisotopic (exact) mass is 455 g/mol. The highest BCUT2D eigenvalue weighted by Crippen LogP contribution is 2.31. The lowest BCUT2D eigenvalue weighted by atomic mass is 9.86. The Hall–Kier alpha value is -1.92. The van der Waals surface area contributed by atoms with Crippen LogP contribution in [0.3, 0.4) is 0 Å². The van der Waals surface area contributed by atoms with Gasteiger partial charge in [0, 0.05) is 44.9 Å². The second-order valence-electron chi connectivity index (χ2n) is 11.0. The largest absolute Gasteiger partial charge is 0.376 e. The van der Waals surface area contributed by atoms with E-state index in [0.717, 1.165) is 50.9 Å². The molecule has 0 aromatic heterocycles. The molecule has 0 unspecified atom stereocenters. The molecule has 4 rings (SSSR count). The number of nitrogens with zero attached hydrogens (tertiary/aromatic N) is 2. The summed E-state index contributed by atoms with van der Waals surface area (Å²) in [6, 6.07) is 7.96. The van der Waals surface area contributed by atoms with Crippen molar-refractivity contribution in [2.45, 2.75) is 76.9 Å². The van der Waals surface area contributed by atoms with Crippen molar-refractivity contribution in [1.29, 1.82) is 0 Å². The molecule has 33 heavy (non-hydrogen) atoms. The van der Waals surface area contributed by atoms with Crippen LogP contribution in [0.1, 0.15) is 75.2 Å². The molecule has 1 aliphatic carbocycles. The zero-order valence-corrected chi connectivity index (χ0v) is 20.6. The number of amides is 2. The van der Waals surface area contributed by atoms with Crippen LogP contribution < -0.4 is 5.32 Å². The van der Waals surface area contributed by atoms with Crippen LogP contribution in [0.4, 0.5) is 0 Å². The van der Waals surface area contributed by atoms with Gasteiger partial charge in [0.1, 0.15) is 0 Å². The van der Waals surface area contributed by atoms with Gasteiger partial charge in [0.05, 0.1) is 12.1 Å². The maximum absolute atomic E-state index is 13.2. The van der Waals surface area contributed by atoms with Crippen molar-refractivity contribution in [1.82, 2.24) is 15.1 Å². The van der Waals surface area contributed by atoms with Gasteiger partial charge in [-0.2, -0.15) is 0 Å². The first-order valence-corrected chi connectivity index (χ1v) is 12.9. The smallest absolute Gasteiger partial charge is 0.253 e. The molecular weight excluding hydrogens is 414 g/mol. The zero-order valence-electron chi connectivity index (χ0n) is 20.6. The molecule has 1 aromatic carbocycles. The van der Waals surface area contributed by atoms with Gasteiger partial charge >= 0.3 is 0 Å². The van der Waals surface area contributed by atoms with Gasteiger partial charge < -0.3 is 15.0 Å². The second kappa shape index (κ2) is 10.6. The number of hydrogen-bond acceptors (Lipinski definition) is 4. The zero-order chi connectivity index (χ0) is 23.4. The SMILES string of the molecule is CC(C)(C)c1ccc(C(=O)N2CCN([C@@H](C(=O)NC[C@@H]3CCCO3)C3CCCC3)CC2)cc1. The quantitative estimate of drug-likeness (QED) is 0.712. The van der Waals surface area contributed by atoms with E-state index in [2.05, 4.69) is 43.1 Å². The van der Waals surface area contributed by atoms with Gasteiger partial charge in [-0.05, 0) is 54.7 Å². The summed E-state index contributed by atoms with van der Waals surface area (Å²) in [7, 11) is 0. The predicted molar refractivity (Wildman–Crippen MR) is 130 cm³/mol. The molecule has 2 amide bonds. The Bertz CT molecular complexity index is 797. The molecule has 0 spiro atoms. The number of rotatable bonds is 6.